The number of hydrogen-bond donors (Lipinski definition) is 0. The molecule has 0 N–H and O–H groups in total. The molecule has 1 aromatic carbocycles. The average molecular weight is 504 g/mol. The molecule has 6 nitrogen and oxygen atoms in total. The van der Waals surface area contributed by atoms with Gasteiger partial charge in [0, 0.05) is 18.4 Å². The quantitative estimate of drug-likeness (QED) is 0.316. The predicted octanol–water partition coefficient (Wildman–Crippen LogP) is 6.41. The number of hydrogen-bond acceptors (Lipinski definition) is 6. The molecule has 0 radical (unpaired) electrons. The van der Waals surface area contributed by atoms with Crippen molar-refractivity contribution < 1.29 is 28.1 Å². The highest BCUT2D eigenvalue weighted by Crippen LogP contribution is 2.43. The number of benzene rings is 1. The molecule has 0 unspecified atom stereocenters. The summed E-state index contributed by atoms with van der Waals surface area (Å²) in [6.07, 6.45) is 8.67. The summed E-state index contributed by atoms with van der Waals surface area (Å²) >= 11 is 0. The van der Waals surface area contributed by atoms with Gasteiger partial charge in [0.15, 0.2) is 0 Å². The van der Waals surface area contributed by atoms with Gasteiger partial charge in [-0.2, -0.15) is 0 Å². The number of allylic oxidation sites excluding steroid dienone is 6. The fraction of sp³-hybridized carbons (Fsp3) is 0.517. The molecule has 5 rings (SSSR count). The summed E-state index contributed by atoms with van der Waals surface area (Å²) in [6, 6.07) is 9.99. The Labute approximate surface area is 222 Å². The molecule has 2 aliphatic carbocycles. The summed E-state index contributed by atoms with van der Waals surface area (Å²) < 4.78 is 37.8. The van der Waals surface area contributed by atoms with Gasteiger partial charge in [-0.1, -0.05) is 42.5 Å². The van der Waals surface area contributed by atoms with Gasteiger partial charge in [0.2, 0.25) is 0 Å². The molecule has 2 aliphatic heterocycles. The third kappa shape index (κ3) is 5.09. The van der Waals surface area contributed by atoms with E-state index in [0.29, 0.717) is 12.8 Å². The van der Waals surface area contributed by atoms with Gasteiger partial charge in [0.05, 0.1) is 22.4 Å². The van der Waals surface area contributed by atoms with Crippen LogP contribution in [0.4, 0.5) is 0 Å². The molecule has 8 heteroatoms. The molecule has 2 saturated heterocycles. The van der Waals surface area contributed by atoms with Crippen molar-refractivity contribution in [3.05, 3.63) is 82.7 Å². The third-order valence-electron chi connectivity index (χ3n) is 8.42. The van der Waals surface area contributed by atoms with Crippen LogP contribution in [-0.2, 0) is 28.1 Å². The first-order chi connectivity index (χ1) is 17.3. The molecular formula is C29H38B2O6. The van der Waals surface area contributed by atoms with E-state index in [1.165, 1.54) is 0 Å². The van der Waals surface area contributed by atoms with Gasteiger partial charge in [-0.05, 0) is 78.5 Å². The van der Waals surface area contributed by atoms with Crippen molar-refractivity contribution in [1.82, 2.24) is 0 Å². The van der Waals surface area contributed by atoms with E-state index >= 15 is 0 Å². The topological polar surface area (TPSA) is 55.4 Å². The van der Waals surface area contributed by atoms with Crippen LogP contribution in [0, 0.1) is 0 Å². The number of rotatable bonds is 7. The van der Waals surface area contributed by atoms with E-state index in [0.717, 1.165) is 28.0 Å². The molecule has 37 heavy (non-hydrogen) atoms. The van der Waals surface area contributed by atoms with E-state index in [4.69, 9.17) is 28.1 Å². The Kier molecular flexibility index (Phi) is 6.55. The van der Waals surface area contributed by atoms with Crippen LogP contribution >= 0.6 is 0 Å². The van der Waals surface area contributed by atoms with Gasteiger partial charge in [0.1, 0.15) is 11.5 Å². The van der Waals surface area contributed by atoms with Crippen molar-refractivity contribution in [2.24, 2.45) is 0 Å². The molecule has 0 spiro atoms. The van der Waals surface area contributed by atoms with Crippen molar-refractivity contribution in [3.8, 4) is 0 Å². The fourth-order valence-corrected chi connectivity index (χ4v) is 4.56. The van der Waals surface area contributed by atoms with E-state index in [-0.39, 0.29) is 36.6 Å². The Balaban J connectivity index is 1.22. The minimum atomic E-state index is -0.587. The van der Waals surface area contributed by atoms with Gasteiger partial charge < -0.3 is 28.1 Å². The predicted molar refractivity (Wildman–Crippen MR) is 145 cm³/mol. The highest BCUT2D eigenvalue weighted by atomic mass is 16.7. The van der Waals surface area contributed by atoms with Gasteiger partial charge >= 0.3 is 14.2 Å². The molecule has 2 heterocycles. The van der Waals surface area contributed by atoms with Crippen LogP contribution in [0.15, 0.2) is 77.1 Å². The highest BCUT2D eigenvalue weighted by Gasteiger charge is 2.53. The van der Waals surface area contributed by atoms with E-state index in [1.54, 1.807) is 0 Å². The molecule has 1 aromatic rings. The SMILES string of the molecule is CC1(C)OB(C2=CC=C(OC(OC3=CC=C(B4OC(C)(C)C(C)(C)O4)C3)c3ccccc3)C2)OC1(C)C. The van der Waals surface area contributed by atoms with Crippen molar-refractivity contribution in [1.29, 1.82) is 0 Å². The highest BCUT2D eigenvalue weighted by molar-refractivity contribution is 6.55. The smallest absolute Gasteiger partial charge is 0.455 e. The maximum Gasteiger partial charge on any atom is 0.491 e. The number of ether oxygens (including phenoxy) is 2. The Hall–Kier alpha value is -2.25. The molecule has 0 saturated carbocycles. The van der Waals surface area contributed by atoms with Gasteiger partial charge in [-0.15, -0.1) is 0 Å². The van der Waals surface area contributed by atoms with E-state index < -0.39 is 6.29 Å². The standard InChI is InChI=1S/C29H38B2O6/c1-26(2)27(3,4)35-30(34-26)21-14-16-23(18-21)32-25(20-12-10-9-11-13-20)33-24-17-15-22(19-24)31-36-28(5,6)29(7,8)37-31/h9-17,25H,18-19H2,1-8H3. The van der Waals surface area contributed by atoms with Gasteiger partial charge in [0.25, 0.3) is 6.29 Å². The van der Waals surface area contributed by atoms with Crippen molar-refractivity contribution >= 4 is 14.2 Å². The van der Waals surface area contributed by atoms with Gasteiger partial charge in [-0.25, -0.2) is 0 Å². The first kappa shape index (κ1) is 26.4. The lowest BCUT2D eigenvalue weighted by molar-refractivity contribution is -0.0914. The van der Waals surface area contributed by atoms with Crippen molar-refractivity contribution in [2.75, 3.05) is 0 Å². The second-order valence-corrected chi connectivity index (χ2v) is 12.3. The molecule has 196 valence electrons. The maximum absolute atomic E-state index is 6.43. The molecule has 0 atom stereocenters. The Morgan fingerprint density at radius 1 is 0.595 bits per heavy atom. The van der Waals surface area contributed by atoms with Gasteiger partial charge in [-0.3, -0.25) is 0 Å². The summed E-state index contributed by atoms with van der Waals surface area (Å²) in [4.78, 5) is 0. The lowest BCUT2D eigenvalue weighted by Crippen LogP contribution is -2.41. The Morgan fingerprint density at radius 3 is 1.35 bits per heavy atom. The normalized spacial score (nSPS) is 25.2. The summed E-state index contributed by atoms with van der Waals surface area (Å²) in [6.45, 7) is 16.5. The van der Waals surface area contributed by atoms with Crippen LogP contribution in [0.2, 0.25) is 0 Å². The van der Waals surface area contributed by atoms with E-state index in [9.17, 15) is 0 Å². The zero-order valence-electron chi connectivity index (χ0n) is 23.3. The van der Waals surface area contributed by atoms with Crippen LogP contribution in [0.5, 0.6) is 0 Å². The third-order valence-corrected chi connectivity index (χ3v) is 8.42. The van der Waals surface area contributed by atoms with Crippen LogP contribution < -0.4 is 0 Å². The Bertz CT molecular complexity index is 1060. The second-order valence-electron chi connectivity index (χ2n) is 12.3. The summed E-state index contributed by atoms with van der Waals surface area (Å²) in [5.41, 5.74) is 1.51. The van der Waals surface area contributed by atoms with Crippen LogP contribution in [0.25, 0.3) is 0 Å². The average Bonchev–Trinajstić information content (AvgIpc) is 3.55. The zero-order valence-corrected chi connectivity index (χ0v) is 23.3. The molecule has 0 aromatic heterocycles. The lowest BCUT2D eigenvalue weighted by Gasteiger charge is -2.32. The van der Waals surface area contributed by atoms with E-state index in [1.807, 2.05) is 54.6 Å². The summed E-state index contributed by atoms with van der Waals surface area (Å²) in [7, 11) is -0.773. The summed E-state index contributed by atoms with van der Waals surface area (Å²) in [5, 5.41) is 0. The minimum Gasteiger partial charge on any atom is -0.455 e. The zero-order chi connectivity index (χ0) is 26.6. The van der Waals surface area contributed by atoms with Crippen LogP contribution in [0.1, 0.15) is 80.1 Å². The van der Waals surface area contributed by atoms with Crippen molar-refractivity contribution in [3.63, 3.8) is 0 Å². The lowest BCUT2D eigenvalue weighted by atomic mass is 9.77. The first-order valence-corrected chi connectivity index (χ1v) is 13.2. The van der Waals surface area contributed by atoms with E-state index in [2.05, 4.69) is 55.4 Å². The summed E-state index contributed by atoms with van der Waals surface area (Å²) in [5.74, 6) is 1.63. The fourth-order valence-electron chi connectivity index (χ4n) is 4.56. The molecule has 2 fully saturated rings. The van der Waals surface area contributed by atoms with Crippen LogP contribution in [0.3, 0.4) is 0 Å². The maximum atomic E-state index is 6.43. The molecular weight excluding hydrogens is 466 g/mol. The van der Waals surface area contributed by atoms with Crippen molar-refractivity contribution in [2.45, 2.75) is 96.9 Å². The second kappa shape index (κ2) is 9.19. The molecule has 0 bridgehead atoms. The largest absolute Gasteiger partial charge is 0.491 e. The first-order valence-electron chi connectivity index (χ1n) is 13.2. The Morgan fingerprint density at radius 2 is 0.973 bits per heavy atom. The molecule has 0 amide bonds. The molecule has 4 aliphatic rings. The monoisotopic (exact) mass is 504 g/mol. The van der Waals surface area contributed by atoms with Crippen LogP contribution in [-0.4, -0.2) is 36.6 Å². The minimum absolute atomic E-state index is 0.380.